The summed E-state index contributed by atoms with van der Waals surface area (Å²) in [5, 5.41) is 0. The minimum Gasteiger partial charge on any atom is -0.354 e. The molecular weight excluding hydrogens is 232 g/mol. The number of nitrogens with zero attached hydrogens (tertiary/aromatic N) is 3. The number of alkyl halides is 2. The quantitative estimate of drug-likeness (QED) is 0.760. The highest BCUT2D eigenvalue weighted by Gasteiger charge is 2.20. The van der Waals surface area contributed by atoms with E-state index in [0.717, 1.165) is 5.82 Å². The molecule has 0 atom stereocenters. The molecule has 0 radical (unpaired) electrons. The minimum absolute atomic E-state index is 0.295. The van der Waals surface area contributed by atoms with E-state index in [1.165, 1.54) is 4.31 Å². The van der Waals surface area contributed by atoms with Crippen LogP contribution < -0.4 is 4.90 Å². The molecule has 0 aliphatic carbocycles. The average Bonchev–Trinajstić information content (AvgIpc) is 2.29. The second-order valence-corrected chi connectivity index (χ2v) is 4.43. The predicted molar refractivity (Wildman–Crippen MR) is 61.6 cm³/mol. The third-order valence-corrected chi connectivity index (χ3v) is 3.17. The van der Waals surface area contributed by atoms with Gasteiger partial charge in [-0.15, -0.1) is 0 Å². The van der Waals surface area contributed by atoms with Gasteiger partial charge in [0.1, 0.15) is 7.19 Å². The van der Waals surface area contributed by atoms with Gasteiger partial charge in [0.25, 0.3) is 5.73 Å². The minimum atomic E-state index is -3.44. The van der Waals surface area contributed by atoms with E-state index in [-0.39, 0.29) is 0 Å². The molecule has 0 aromatic carbocycles. The van der Waals surface area contributed by atoms with Gasteiger partial charge < -0.3 is 4.90 Å². The van der Waals surface area contributed by atoms with Gasteiger partial charge in [0, 0.05) is 32.4 Å². The lowest BCUT2D eigenvalue weighted by molar-refractivity contribution is 0.242. The van der Waals surface area contributed by atoms with E-state index in [2.05, 4.69) is 9.88 Å². The summed E-state index contributed by atoms with van der Waals surface area (Å²) in [6, 6.07) is 5.65. The Balaban J connectivity index is 1.86. The van der Waals surface area contributed by atoms with Crippen molar-refractivity contribution in [3.8, 4) is 0 Å². The molecule has 1 aliphatic heterocycles. The molecule has 0 bridgehead atoms. The van der Waals surface area contributed by atoms with Crippen LogP contribution in [0.4, 0.5) is 14.6 Å². The van der Waals surface area contributed by atoms with Crippen molar-refractivity contribution in [2.75, 3.05) is 31.1 Å². The highest BCUT2D eigenvalue weighted by Crippen LogP contribution is 2.22. The molecule has 1 saturated heterocycles. The van der Waals surface area contributed by atoms with Gasteiger partial charge >= 0.3 is 0 Å². The third-order valence-electron chi connectivity index (χ3n) is 2.41. The fourth-order valence-electron chi connectivity index (χ4n) is 1.65. The lowest BCUT2D eigenvalue weighted by Gasteiger charge is -2.34. The van der Waals surface area contributed by atoms with E-state index in [9.17, 15) is 8.78 Å². The molecule has 0 saturated carbocycles. The normalized spacial score (nSPS) is 19.6. The molecule has 6 heteroatoms. The van der Waals surface area contributed by atoms with Crippen LogP contribution in [0.1, 0.15) is 1.37 Å². The SMILES string of the molecule is [2H]C(F)(F)SN1CCN(c2ccccn2)CC1. The van der Waals surface area contributed by atoms with Crippen molar-refractivity contribution in [3.63, 3.8) is 0 Å². The van der Waals surface area contributed by atoms with E-state index >= 15 is 0 Å². The summed E-state index contributed by atoms with van der Waals surface area (Å²) in [5.41, 5.74) is -3.44. The Morgan fingerprint density at radius 3 is 2.62 bits per heavy atom. The Kier molecular flexibility index (Phi) is 3.50. The van der Waals surface area contributed by atoms with Gasteiger partial charge in [-0.05, 0) is 24.1 Å². The number of piperazine rings is 1. The Morgan fingerprint density at radius 1 is 1.31 bits per heavy atom. The van der Waals surface area contributed by atoms with Gasteiger partial charge in [-0.2, -0.15) is 8.78 Å². The summed E-state index contributed by atoms with van der Waals surface area (Å²) >= 11 is 0.295. The lowest BCUT2D eigenvalue weighted by atomic mass is 10.3. The van der Waals surface area contributed by atoms with Crippen LogP contribution in [-0.4, -0.2) is 41.2 Å². The van der Waals surface area contributed by atoms with Crippen molar-refractivity contribution in [1.29, 1.82) is 0 Å². The molecule has 1 fully saturated rings. The van der Waals surface area contributed by atoms with E-state index < -0.39 is 5.73 Å². The second kappa shape index (κ2) is 5.45. The number of aromatic nitrogens is 1. The van der Waals surface area contributed by atoms with Crippen LogP contribution in [-0.2, 0) is 0 Å². The van der Waals surface area contributed by atoms with Crippen molar-refractivity contribution in [2.24, 2.45) is 0 Å². The van der Waals surface area contributed by atoms with Crippen molar-refractivity contribution in [3.05, 3.63) is 24.4 Å². The zero-order valence-corrected chi connectivity index (χ0v) is 9.46. The first-order valence-electron chi connectivity index (χ1n) is 5.52. The molecule has 88 valence electrons. The predicted octanol–water partition coefficient (Wildman–Crippen LogP) is 2.07. The van der Waals surface area contributed by atoms with E-state index in [1.54, 1.807) is 6.20 Å². The summed E-state index contributed by atoms with van der Waals surface area (Å²) in [4.78, 5) is 6.27. The topological polar surface area (TPSA) is 19.4 Å². The number of halogens is 2. The van der Waals surface area contributed by atoms with E-state index in [1.807, 2.05) is 18.2 Å². The molecule has 0 amide bonds. The molecule has 1 aromatic heterocycles. The molecule has 1 aromatic rings. The maximum Gasteiger partial charge on any atom is 0.298 e. The number of hydrogen-bond donors (Lipinski definition) is 0. The summed E-state index contributed by atoms with van der Waals surface area (Å²) in [7, 11) is 0. The first-order valence-corrected chi connectivity index (χ1v) is 5.80. The van der Waals surface area contributed by atoms with Gasteiger partial charge in [0.15, 0.2) is 0 Å². The summed E-state index contributed by atoms with van der Waals surface area (Å²) in [5.74, 6) is 0.870. The van der Waals surface area contributed by atoms with Crippen LogP contribution in [0.2, 0.25) is 0 Å². The largest absolute Gasteiger partial charge is 0.354 e. The van der Waals surface area contributed by atoms with Crippen LogP contribution in [0.15, 0.2) is 24.4 Å². The highest BCUT2D eigenvalue weighted by atomic mass is 32.2. The molecular formula is C10H13F2N3S. The number of anilines is 1. The molecule has 2 heterocycles. The molecule has 2 rings (SSSR count). The van der Waals surface area contributed by atoms with Crippen LogP contribution in [0.5, 0.6) is 0 Å². The first-order chi connectivity index (χ1) is 8.04. The van der Waals surface area contributed by atoms with Crippen molar-refractivity contribution < 1.29 is 10.2 Å². The van der Waals surface area contributed by atoms with Crippen LogP contribution in [0.25, 0.3) is 0 Å². The first kappa shape index (κ1) is 10.3. The smallest absolute Gasteiger partial charge is 0.298 e. The van der Waals surface area contributed by atoms with E-state index in [0.29, 0.717) is 38.1 Å². The zero-order valence-electron chi connectivity index (χ0n) is 9.64. The third kappa shape index (κ3) is 3.05. The number of rotatable bonds is 3. The maximum absolute atomic E-state index is 12.5. The van der Waals surface area contributed by atoms with Crippen LogP contribution in [0, 0.1) is 0 Å². The van der Waals surface area contributed by atoms with E-state index in [4.69, 9.17) is 1.37 Å². The van der Waals surface area contributed by atoms with Gasteiger partial charge in [-0.1, -0.05) is 6.07 Å². The van der Waals surface area contributed by atoms with Gasteiger partial charge in [-0.25, -0.2) is 9.29 Å². The summed E-state index contributed by atoms with van der Waals surface area (Å²) < 4.78 is 33.1. The lowest BCUT2D eigenvalue weighted by Crippen LogP contribution is -2.44. The second-order valence-electron chi connectivity index (χ2n) is 3.42. The fraction of sp³-hybridized carbons (Fsp3) is 0.500. The Morgan fingerprint density at radius 2 is 2.06 bits per heavy atom. The van der Waals surface area contributed by atoms with Gasteiger partial charge in [-0.3, -0.25) is 0 Å². The van der Waals surface area contributed by atoms with Crippen LogP contribution in [0.3, 0.4) is 0 Å². The van der Waals surface area contributed by atoms with Crippen molar-refractivity contribution in [2.45, 2.75) is 5.73 Å². The molecule has 0 N–H and O–H groups in total. The molecule has 0 unspecified atom stereocenters. The average molecular weight is 246 g/mol. The number of pyridine rings is 1. The zero-order chi connectivity index (χ0) is 12.3. The summed E-state index contributed by atoms with van der Waals surface area (Å²) in [6.45, 7) is 2.33. The molecule has 0 spiro atoms. The molecule has 16 heavy (non-hydrogen) atoms. The highest BCUT2D eigenvalue weighted by molar-refractivity contribution is 7.97. The number of hydrogen-bond acceptors (Lipinski definition) is 4. The molecule has 1 aliphatic rings. The van der Waals surface area contributed by atoms with Crippen molar-refractivity contribution in [1.82, 2.24) is 9.29 Å². The van der Waals surface area contributed by atoms with Crippen molar-refractivity contribution >= 4 is 17.8 Å². The van der Waals surface area contributed by atoms with Crippen LogP contribution >= 0.6 is 11.9 Å². The van der Waals surface area contributed by atoms with Gasteiger partial charge in [0.05, 0.1) is 0 Å². The molecule has 3 nitrogen and oxygen atoms in total. The Bertz CT molecular complexity index is 352. The Labute approximate surface area is 99.0 Å². The standard InChI is InChI=1S/C10H13F2N3S/c11-10(12)16-15-7-5-14(6-8-15)9-3-1-2-4-13-9/h1-4,10H,5-8H2/i10D. The Hall–Kier alpha value is -0.880. The van der Waals surface area contributed by atoms with Gasteiger partial charge in [0.2, 0.25) is 0 Å². The fourth-order valence-corrected chi connectivity index (χ4v) is 2.19. The monoisotopic (exact) mass is 246 g/mol. The summed E-state index contributed by atoms with van der Waals surface area (Å²) in [6.07, 6.45) is 1.72. The maximum atomic E-state index is 12.5.